The van der Waals surface area contributed by atoms with Gasteiger partial charge in [-0.05, 0) is 107 Å². The van der Waals surface area contributed by atoms with E-state index in [-0.39, 0.29) is 6.15 Å². The van der Waals surface area contributed by atoms with Crippen LogP contribution in [0.25, 0.3) is 0 Å². The van der Waals surface area contributed by atoms with Gasteiger partial charge in [0.2, 0.25) is 0 Å². The first-order chi connectivity index (χ1) is 10.6. The highest BCUT2D eigenvalue weighted by Gasteiger charge is 2.63. The minimum absolute atomic E-state index is 0. The van der Waals surface area contributed by atoms with Gasteiger partial charge in [0, 0.05) is 0 Å². The monoisotopic (exact) mass is 362 g/mol. The van der Waals surface area contributed by atoms with Gasteiger partial charge in [0.1, 0.15) is 0 Å². The second kappa shape index (κ2) is 7.19. The van der Waals surface area contributed by atoms with Gasteiger partial charge in [0.05, 0.1) is 0 Å². The van der Waals surface area contributed by atoms with Crippen LogP contribution in [0.15, 0.2) is 0 Å². The van der Waals surface area contributed by atoms with Crippen molar-refractivity contribution in [2.45, 2.75) is 38.5 Å². The molecule has 142 valence electrons. The van der Waals surface area contributed by atoms with Crippen LogP contribution in [0.4, 0.5) is 0 Å². The van der Waals surface area contributed by atoms with Crippen molar-refractivity contribution >= 4 is 10.4 Å². The van der Waals surface area contributed by atoms with Crippen molar-refractivity contribution in [3.63, 3.8) is 0 Å². The molecule has 0 aliphatic heterocycles. The van der Waals surface area contributed by atoms with E-state index in [2.05, 4.69) is 0 Å². The summed E-state index contributed by atoms with van der Waals surface area (Å²) in [4.78, 5) is 2.00. The fourth-order valence-corrected chi connectivity index (χ4v) is 6.89. The Labute approximate surface area is 146 Å². The van der Waals surface area contributed by atoms with E-state index in [9.17, 15) is 0 Å². The maximum atomic E-state index is 8.74. The lowest BCUT2D eigenvalue weighted by molar-refractivity contribution is -0.202. The van der Waals surface area contributed by atoms with Crippen LogP contribution in [0, 0.1) is 47.3 Å². The number of nitrogens with zero attached hydrogens (tertiary/aromatic N) is 1. The lowest BCUT2D eigenvalue weighted by atomic mass is 9.36. The Hall–Kier alpha value is -0.210. The van der Waals surface area contributed by atoms with Crippen LogP contribution < -0.4 is 6.15 Å². The standard InChI is InChI=1S/C14H20.C3H9N.H3N.H2O4S/c1-7-2-12-10-4-8-5-11(9(1)10)13(3-7)14(12)6-8;1-4(2)3;;1-5(2,3)4/h7-14H,1-6H2;1-3H3;1H3;(H2,1,2,3,4). The molecule has 6 nitrogen and oxygen atoms in total. The summed E-state index contributed by atoms with van der Waals surface area (Å²) in [5.74, 6) is 9.74. The van der Waals surface area contributed by atoms with Crippen LogP contribution in [-0.2, 0) is 10.4 Å². The Morgan fingerprint density at radius 1 is 0.667 bits per heavy atom. The molecule has 7 aliphatic rings. The van der Waals surface area contributed by atoms with Gasteiger partial charge in [-0.25, -0.2) is 0 Å². The molecule has 0 aromatic rings. The van der Waals surface area contributed by atoms with Crippen LogP contribution in [0.5, 0.6) is 0 Å². The number of hydrogen-bond donors (Lipinski definition) is 3. The van der Waals surface area contributed by atoms with E-state index in [0.29, 0.717) is 0 Å². The molecule has 0 atom stereocenters. The molecular weight excluding hydrogens is 328 g/mol. The fourth-order valence-electron chi connectivity index (χ4n) is 6.89. The summed E-state index contributed by atoms with van der Waals surface area (Å²) in [6, 6.07) is 0. The largest absolute Gasteiger partial charge is 0.394 e. The summed E-state index contributed by atoms with van der Waals surface area (Å²) in [5.41, 5.74) is 0. The zero-order valence-electron chi connectivity index (χ0n) is 15.1. The highest BCUT2D eigenvalue weighted by atomic mass is 32.3. The van der Waals surface area contributed by atoms with Gasteiger partial charge in [0.25, 0.3) is 0 Å². The summed E-state index contributed by atoms with van der Waals surface area (Å²) in [6.07, 6.45) is 9.93. The average molecular weight is 363 g/mol. The molecule has 7 rings (SSSR count). The van der Waals surface area contributed by atoms with E-state index in [4.69, 9.17) is 17.5 Å². The first-order valence-electron chi connectivity index (χ1n) is 8.94. The summed E-state index contributed by atoms with van der Waals surface area (Å²) < 4.78 is 31.6. The number of rotatable bonds is 0. The molecule has 0 aromatic heterocycles. The maximum absolute atomic E-state index is 8.74. The van der Waals surface area contributed by atoms with Gasteiger partial charge in [-0.2, -0.15) is 8.42 Å². The average Bonchev–Trinajstić information content (AvgIpc) is 2.41. The molecule has 7 fully saturated rings. The van der Waals surface area contributed by atoms with Crippen molar-refractivity contribution in [1.82, 2.24) is 11.1 Å². The van der Waals surface area contributed by atoms with Crippen molar-refractivity contribution in [2.24, 2.45) is 47.3 Å². The Morgan fingerprint density at radius 2 is 0.792 bits per heavy atom. The SMILES string of the molecule is C1C2CC3C4CC5CC(C14)C(C2)C3C5.CN(C)C.N.O=S(=O)(O)O. The highest BCUT2D eigenvalue weighted by molar-refractivity contribution is 7.79. The molecule has 5 N–H and O–H groups in total. The molecule has 0 unspecified atom stereocenters. The normalized spacial score (nSPS) is 45.9. The molecule has 0 saturated heterocycles. The van der Waals surface area contributed by atoms with Gasteiger partial charge in [-0.3, -0.25) is 9.11 Å². The molecule has 7 heteroatoms. The van der Waals surface area contributed by atoms with E-state index < -0.39 is 10.4 Å². The fraction of sp³-hybridized carbons (Fsp3) is 1.00. The molecular formula is C17H34N2O4S. The van der Waals surface area contributed by atoms with Crippen molar-refractivity contribution in [1.29, 1.82) is 0 Å². The molecule has 0 amide bonds. The topological polar surface area (TPSA) is 113 Å². The maximum Gasteiger partial charge on any atom is 0.394 e. The molecule has 0 spiro atoms. The van der Waals surface area contributed by atoms with E-state index in [0.717, 1.165) is 0 Å². The zero-order valence-corrected chi connectivity index (χ0v) is 16.0. The third kappa shape index (κ3) is 4.12. The zero-order chi connectivity index (χ0) is 16.9. The molecule has 8 bridgehead atoms. The van der Waals surface area contributed by atoms with E-state index in [1.54, 1.807) is 38.5 Å². The Balaban J connectivity index is 0.000000180. The van der Waals surface area contributed by atoms with Gasteiger partial charge in [0.15, 0.2) is 0 Å². The molecule has 7 saturated carbocycles. The summed E-state index contributed by atoms with van der Waals surface area (Å²) in [6.45, 7) is 0. The van der Waals surface area contributed by atoms with Crippen molar-refractivity contribution in [3.05, 3.63) is 0 Å². The molecule has 0 heterocycles. The quantitative estimate of drug-likeness (QED) is 0.571. The summed E-state index contributed by atoms with van der Waals surface area (Å²) in [7, 11) is 1.33. The van der Waals surface area contributed by atoms with Crippen LogP contribution in [0.1, 0.15) is 38.5 Å². The minimum atomic E-state index is -4.67. The third-order valence-corrected chi connectivity index (χ3v) is 6.93. The first kappa shape index (κ1) is 20.1. The predicted octanol–water partition coefficient (Wildman–Crippen LogP) is 3.01. The second-order valence-electron chi connectivity index (χ2n) is 8.92. The first-order valence-corrected chi connectivity index (χ1v) is 10.3. The van der Waals surface area contributed by atoms with Crippen LogP contribution in [0.2, 0.25) is 0 Å². The van der Waals surface area contributed by atoms with Crippen molar-refractivity contribution in [3.8, 4) is 0 Å². The highest BCUT2D eigenvalue weighted by Crippen LogP contribution is 2.71. The molecule has 0 aromatic carbocycles. The van der Waals surface area contributed by atoms with Gasteiger partial charge in [-0.15, -0.1) is 0 Å². The van der Waals surface area contributed by atoms with Crippen molar-refractivity contribution in [2.75, 3.05) is 21.1 Å². The van der Waals surface area contributed by atoms with Gasteiger partial charge >= 0.3 is 10.4 Å². The second-order valence-corrected chi connectivity index (χ2v) is 9.81. The van der Waals surface area contributed by atoms with Gasteiger partial charge in [-0.1, -0.05) is 0 Å². The molecule has 24 heavy (non-hydrogen) atoms. The predicted molar refractivity (Wildman–Crippen MR) is 94.4 cm³/mol. The van der Waals surface area contributed by atoms with E-state index in [1.807, 2.05) is 26.0 Å². The third-order valence-electron chi connectivity index (χ3n) is 6.93. The number of hydrogen-bond acceptors (Lipinski definition) is 4. The van der Waals surface area contributed by atoms with Crippen LogP contribution in [-0.4, -0.2) is 43.6 Å². The minimum Gasteiger partial charge on any atom is -0.344 e. The lowest BCUT2D eigenvalue weighted by Gasteiger charge is -2.69. The Kier molecular flexibility index (Phi) is 6.02. The summed E-state index contributed by atoms with van der Waals surface area (Å²) >= 11 is 0. The van der Waals surface area contributed by atoms with E-state index in [1.165, 1.54) is 47.3 Å². The van der Waals surface area contributed by atoms with E-state index >= 15 is 0 Å². The van der Waals surface area contributed by atoms with Crippen molar-refractivity contribution < 1.29 is 17.5 Å². The van der Waals surface area contributed by atoms with Gasteiger partial charge < -0.3 is 11.1 Å². The van der Waals surface area contributed by atoms with Crippen LogP contribution >= 0.6 is 0 Å². The molecule has 7 aliphatic carbocycles. The smallest absolute Gasteiger partial charge is 0.344 e. The van der Waals surface area contributed by atoms with Crippen LogP contribution in [0.3, 0.4) is 0 Å². The lowest BCUT2D eigenvalue weighted by Crippen LogP contribution is -2.62. The molecule has 0 radical (unpaired) electrons. The Morgan fingerprint density at radius 3 is 0.917 bits per heavy atom. The Bertz CT molecular complexity index is 438. The summed E-state index contributed by atoms with van der Waals surface area (Å²) in [5, 5.41) is 0.